The molecule has 0 aromatic carbocycles. The number of carbonyl (C=O) groups is 1. The lowest BCUT2D eigenvalue weighted by atomic mass is 10.1. The first-order valence-electron chi connectivity index (χ1n) is 7.63. The number of hydrogen-bond donors (Lipinski definition) is 2. The molecule has 118 valence electrons. The van der Waals surface area contributed by atoms with Crippen molar-refractivity contribution in [1.29, 1.82) is 0 Å². The molecule has 0 aliphatic rings. The van der Waals surface area contributed by atoms with Crippen LogP contribution in [0.4, 0.5) is 5.82 Å². The van der Waals surface area contributed by atoms with E-state index in [-0.39, 0.29) is 11.9 Å². The number of anilines is 1. The zero-order chi connectivity index (χ0) is 15.7. The smallest absolute Gasteiger partial charge is 0.251 e. The van der Waals surface area contributed by atoms with Gasteiger partial charge in [0.15, 0.2) is 0 Å². The molecule has 0 bridgehead atoms. The Morgan fingerprint density at radius 3 is 2.67 bits per heavy atom. The van der Waals surface area contributed by atoms with Crippen LogP contribution in [-0.4, -0.2) is 37.7 Å². The van der Waals surface area contributed by atoms with E-state index in [0.717, 1.165) is 37.2 Å². The van der Waals surface area contributed by atoms with Gasteiger partial charge in [0.25, 0.3) is 5.91 Å². The molecule has 1 rings (SSSR count). The molecule has 1 aromatic heterocycles. The fraction of sp³-hybridized carbons (Fsp3) is 0.625. The molecule has 0 spiro atoms. The minimum absolute atomic E-state index is 0.0494. The summed E-state index contributed by atoms with van der Waals surface area (Å²) in [5, 5.41) is 6.05. The molecule has 2 N–H and O–H groups in total. The first-order chi connectivity index (χ1) is 10.1. The van der Waals surface area contributed by atoms with Gasteiger partial charge in [0.1, 0.15) is 5.82 Å². The highest BCUT2D eigenvalue weighted by molar-refractivity contribution is 5.95. The summed E-state index contributed by atoms with van der Waals surface area (Å²) in [4.78, 5) is 16.9. The number of carbonyl (C=O) groups excluding carboxylic acids is 1. The van der Waals surface area contributed by atoms with Crippen LogP contribution in [0.15, 0.2) is 12.1 Å². The summed E-state index contributed by atoms with van der Waals surface area (Å²) < 4.78 is 5.16. The molecule has 5 heteroatoms. The second-order valence-electron chi connectivity index (χ2n) is 5.15. The molecular weight excluding hydrogens is 266 g/mol. The topological polar surface area (TPSA) is 63.2 Å². The highest BCUT2D eigenvalue weighted by Crippen LogP contribution is 2.12. The van der Waals surface area contributed by atoms with Gasteiger partial charge in [-0.05, 0) is 25.0 Å². The molecule has 0 saturated heterocycles. The Labute approximate surface area is 127 Å². The highest BCUT2D eigenvalue weighted by Gasteiger charge is 2.14. The Kier molecular flexibility index (Phi) is 7.75. The largest absolute Gasteiger partial charge is 0.383 e. The summed E-state index contributed by atoms with van der Waals surface area (Å²) in [6.45, 7) is 4.73. The highest BCUT2D eigenvalue weighted by atomic mass is 16.5. The summed E-state index contributed by atoms with van der Waals surface area (Å²) in [7, 11) is 3.46. The van der Waals surface area contributed by atoms with Gasteiger partial charge < -0.3 is 15.4 Å². The van der Waals surface area contributed by atoms with E-state index < -0.39 is 0 Å². The van der Waals surface area contributed by atoms with Crippen molar-refractivity contribution in [3.8, 4) is 0 Å². The Bertz CT molecular complexity index is 443. The number of aromatic nitrogens is 1. The lowest BCUT2D eigenvalue weighted by Gasteiger charge is -2.17. The van der Waals surface area contributed by atoms with Crippen LogP contribution in [0.5, 0.6) is 0 Å². The van der Waals surface area contributed by atoms with Crippen molar-refractivity contribution in [3.05, 3.63) is 23.4 Å². The third-order valence-electron chi connectivity index (χ3n) is 3.24. The van der Waals surface area contributed by atoms with Crippen molar-refractivity contribution in [1.82, 2.24) is 10.3 Å². The Hall–Kier alpha value is -1.62. The average Bonchev–Trinajstić information content (AvgIpc) is 2.47. The zero-order valence-electron chi connectivity index (χ0n) is 13.5. The first kappa shape index (κ1) is 17.4. The average molecular weight is 293 g/mol. The molecule has 0 radical (unpaired) electrons. The van der Waals surface area contributed by atoms with Crippen LogP contribution in [0.3, 0.4) is 0 Å². The number of nitrogens with zero attached hydrogens (tertiary/aromatic N) is 1. The number of pyridine rings is 1. The normalized spacial score (nSPS) is 12.0. The van der Waals surface area contributed by atoms with E-state index in [2.05, 4.69) is 29.5 Å². The number of amides is 1. The van der Waals surface area contributed by atoms with Gasteiger partial charge in [-0.3, -0.25) is 4.79 Å². The van der Waals surface area contributed by atoms with Crippen LogP contribution in [0, 0.1) is 0 Å². The summed E-state index contributed by atoms with van der Waals surface area (Å²) in [5.74, 6) is 0.659. The van der Waals surface area contributed by atoms with Gasteiger partial charge in [0.05, 0.1) is 12.6 Å². The van der Waals surface area contributed by atoms with Crippen molar-refractivity contribution in [2.24, 2.45) is 0 Å². The molecule has 0 fully saturated rings. The zero-order valence-corrected chi connectivity index (χ0v) is 13.5. The van der Waals surface area contributed by atoms with Gasteiger partial charge in [0.2, 0.25) is 0 Å². The van der Waals surface area contributed by atoms with E-state index in [1.807, 2.05) is 13.1 Å². The molecule has 0 saturated carbocycles. The van der Waals surface area contributed by atoms with E-state index in [1.54, 1.807) is 13.2 Å². The molecule has 21 heavy (non-hydrogen) atoms. The maximum atomic E-state index is 12.4. The lowest BCUT2D eigenvalue weighted by molar-refractivity contribution is 0.0891. The molecule has 0 aliphatic carbocycles. The van der Waals surface area contributed by atoms with Crippen LogP contribution in [0.1, 0.15) is 49.2 Å². The van der Waals surface area contributed by atoms with Crippen LogP contribution in [0.25, 0.3) is 0 Å². The second kappa shape index (κ2) is 9.34. The number of ether oxygens (including phenoxy) is 1. The maximum absolute atomic E-state index is 12.4. The minimum Gasteiger partial charge on any atom is -0.383 e. The van der Waals surface area contributed by atoms with Crippen molar-refractivity contribution in [2.75, 3.05) is 26.1 Å². The number of nitrogens with one attached hydrogen (secondary N) is 2. The standard InChI is InChI=1S/C16H27N3O2/c1-5-7-13-9-12(10-15(17-3)18-13)16(20)19-14(8-6-2)11-21-4/h9-10,14H,5-8,11H2,1-4H3,(H,17,18)(H,19,20). The molecule has 1 heterocycles. The fourth-order valence-corrected chi connectivity index (χ4v) is 2.25. The van der Waals surface area contributed by atoms with Gasteiger partial charge in [-0.1, -0.05) is 26.7 Å². The Balaban J connectivity index is 2.86. The third-order valence-corrected chi connectivity index (χ3v) is 3.24. The summed E-state index contributed by atoms with van der Waals surface area (Å²) in [5.41, 5.74) is 1.59. The van der Waals surface area contributed by atoms with Crippen molar-refractivity contribution >= 4 is 11.7 Å². The molecule has 1 unspecified atom stereocenters. The van der Waals surface area contributed by atoms with E-state index in [0.29, 0.717) is 12.2 Å². The number of methoxy groups -OCH3 is 1. The number of aryl methyl sites for hydroxylation is 1. The van der Waals surface area contributed by atoms with Gasteiger partial charge in [0, 0.05) is 25.4 Å². The first-order valence-corrected chi connectivity index (χ1v) is 7.63. The third kappa shape index (κ3) is 5.71. The van der Waals surface area contributed by atoms with E-state index in [9.17, 15) is 4.79 Å². The monoisotopic (exact) mass is 293 g/mol. The fourth-order valence-electron chi connectivity index (χ4n) is 2.25. The van der Waals surface area contributed by atoms with Gasteiger partial charge in [-0.15, -0.1) is 0 Å². The van der Waals surface area contributed by atoms with Crippen LogP contribution in [0.2, 0.25) is 0 Å². The summed E-state index contributed by atoms with van der Waals surface area (Å²) >= 11 is 0. The minimum atomic E-state index is -0.0678. The number of hydrogen-bond acceptors (Lipinski definition) is 4. The van der Waals surface area contributed by atoms with Crippen molar-refractivity contribution in [3.63, 3.8) is 0 Å². The lowest BCUT2D eigenvalue weighted by Crippen LogP contribution is -2.38. The van der Waals surface area contributed by atoms with Crippen molar-refractivity contribution < 1.29 is 9.53 Å². The molecule has 1 amide bonds. The molecule has 1 aromatic rings. The van der Waals surface area contributed by atoms with E-state index >= 15 is 0 Å². The predicted molar refractivity (Wildman–Crippen MR) is 85.8 cm³/mol. The predicted octanol–water partition coefficient (Wildman–Crippen LogP) is 2.62. The van der Waals surface area contributed by atoms with Crippen LogP contribution in [-0.2, 0) is 11.2 Å². The van der Waals surface area contributed by atoms with E-state index in [4.69, 9.17) is 4.74 Å². The number of rotatable bonds is 9. The quantitative estimate of drug-likeness (QED) is 0.734. The van der Waals surface area contributed by atoms with Crippen LogP contribution >= 0.6 is 0 Å². The van der Waals surface area contributed by atoms with Crippen molar-refractivity contribution in [2.45, 2.75) is 45.6 Å². The van der Waals surface area contributed by atoms with Gasteiger partial charge >= 0.3 is 0 Å². The molecule has 5 nitrogen and oxygen atoms in total. The van der Waals surface area contributed by atoms with Gasteiger partial charge in [-0.25, -0.2) is 4.98 Å². The Morgan fingerprint density at radius 2 is 2.10 bits per heavy atom. The summed E-state index contributed by atoms with van der Waals surface area (Å²) in [6, 6.07) is 3.70. The Morgan fingerprint density at radius 1 is 1.33 bits per heavy atom. The molecule has 0 aliphatic heterocycles. The van der Waals surface area contributed by atoms with Crippen LogP contribution < -0.4 is 10.6 Å². The molecule has 1 atom stereocenters. The van der Waals surface area contributed by atoms with E-state index in [1.165, 1.54) is 0 Å². The molecular formula is C16H27N3O2. The van der Waals surface area contributed by atoms with Gasteiger partial charge in [-0.2, -0.15) is 0 Å². The second-order valence-corrected chi connectivity index (χ2v) is 5.15. The maximum Gasteiger partial charge on any atom is 0.251 e. The summed E-state index contributed by atoms with van der Waals surface area (Å²) in [6.07, 6.45) is 3.79. The SMILES string of the molecule is CCCc1cc(C(=O)NC(CCC)COC)cc(NC)n1.